The van der Waals surface area contributed by atoms with Crippen molar-refractivity contribution in [3.05, 3.63) is 35.9 Å². The van der Waals surface area contributed by atoms with Crippen LogP contribution >= 0.6 is 0 Å². The topological polar surface area (TPSA) is 40.0 Å². The second-order valence-electron chi connectivity index (χ2n) is 4.15. The molecule has 2 rings (SSSR count). The van der Waals surface area contributed by atoms with Gasteiger partial charge in [-0.1, -0.05) is 30.3 Å². The molecule has 0 saturated carbocycles. The summed E-state index contributed by atoms with van der Waals surface area (Å²) in [5.74, 6) is 2.04. The molecule has 1 aromatic rings. The van der Waals surface area contributed by atoms with Crippen LogP contribution in [0.4, 0.5) is 0 Å². The van der Waals surface area contributed by atoms with Crippen LogP contribution in [0, 0.1) is 0 Å². The zero-order valence-corrected chi connectivity index (χ0v) is 10.3. The summed E-state index contributed by atoms with van der Waals surface area (Å²) in [6.45, 7) is 0.889. The molecule has 0 amide bonds. The van der Waals surface area contributed by atoms with Crippen molar-refractivity contribution in [3.8, 4) is 0 Å². The second-order valence-corrected chi connectivity index (χ2v) is 4.15. The van der Waals surface area contributed by atoms with Crippen molar-refractivity contribution in [2.45, 2.75) is 19.4 Å². The first-order valence-electron chi connectivity index (χ1n) is 5.83. The van der Waals surface area contributed by atoms with Crippen LogP contribution in [0.5, 0.6) is 0 Å². The van der Waals surface area contributed by atoms with E-state index in [1.165, 1.54) is 5.56 Å². The van der Waals surface area contributed by atoms with E-state index in [-0.39, 0.29) is 0 Å². The van der Waals surface area contributed by atoms with Crippen molar-refractivity contribution in [1.29, 1.82) is 0 Å². The fraction of sp³-hybridized carbons (Fsp3) is 0.385. The quantitative estimate of drug-likeness (QED) is 0.842. The number of rotatable bonds is 2. The molecule has 0 aliphatic carbocycles. The number of hydrazone groups is 1. The minimum Gasteiger partial charge on any atom is -0.357 e. The van der Waals surface area contributed by atoms with Gasteiger partial charge < -0.3 is 4.90 Å². The van der Waals surface area contributed by atoms with Crippen LogP contribution in [-0.2, 0) is 6.54 Å². The normalized spacial score (nSPS) is 17.5. The second kappa shape index (κ2) is 5.48. The smallest absolute Gasteiger partial charge is 0.125 e. The molecule has 0 spiro atoms. The Morgan fingerprint density at radius 3 is 2.65 bits per heavy atom. The summed E-state index contributed by atoms with van der Waals surface area (Å²) in [5, 5.41) is 4.34. The Morgan fingerprint density at radius 1 is 1.29 bits per heavy atom. The van der Waals surface area contributed by atoms with Crippen molar-refractivity contribution in [2.24, 2.45) is 10.1 Å². The van der Waals surface area contributed by atoms with Gasteiger partial charge in [-0.05, 0) is 5.56 Å². The van der Waals surface area contributed by atoms with Gasteiger partial charge in [0.15, 0.2) is 0 Å². The highest BCUT2D eigenvalue weighted by Gasteiger charge is 2.13. The Balaban J connectivity index is 1.97. The number of benzene rings is 1. The lowest BCUT2D eigenvalue weighted by molar-refractivity contribution is 0.481. The van der Waals surface area contributed by atoms with Crippen LogP contribution in [0.1, 0.15) is 18.4 Å². The number of nitrogens with one attached hydrogen (secondary N) is 1. The van der Waals surface area contributed by atoms with E-state index in [2.05, 4.69) is 51.7 Å². The molecule has 1 N–H and O–H groups in total. The molecule has 4 heteroatoms. The Morgan fingerprint density at radius 2 is 2.06 bits per heavy atom. The van der Waals surface area contributed by atoms with Crippen molar-refractivity contribution in [1.82, 2.24) is 10.3 Å². The lowest BCUT2D eigenvalue weighted by atomic mass is 10.2. The van der Waals surface area contributed by atoms with E-state index in [1.807, 2.05) is 6.07 Å². The van der Waals surface area contributed by atoms with Gasteiger partial charge in [0, 0.05) is 33.5 Å². The Hall–Kier alpha value is -1.84. The summed E-state index contributed by atoms with van der Waals surface area (Å²) < 4.78 is 0. The van der Waals surface area contributed by atoms with Crippen LogP contribution < -0.4 is 5.43 Å². The van der Waals surface area contributed by atoms with E-state index in [0.717, 1.165) is 31.1 Å². The highest BCUT2D eigenvalue weighted by Crippen LogP contribution is 2.08. The minimum absolute atomic E-state index is 0.889. The van der Waals surface area contributed by atoms with E-state index in [4.69, 9.17) is 0 Å². The molecule has 4 nitrogen and oxygen atoms in total. The van der Waals surface area contributed by atoms with Crippen molar-refractivity contribution >= 4 is 11.7 Å². The molecule has 0 atom stereocenters. The molecule has 17 heavy (non-hydrogen) atoms. The number of hydrogen-bond acceptors (Lipinski definition) is 3. The molecule has 0 radical (unpaired) electrons. The van der Waals surface area contributed by atoms with E-state index in [1.54, 1.807) is 7.05 Å². The largest absolute Gasteiger partial charge is 0.357 e. The Labute approximate surface area is 102 Å². The maximum Gasteiger partial charge on any atom is 0.125 e. The molecule has 0 saturated heterocycles. The first kappa shape index (κ1) is 11.6. The predicted octanol–water partition coefficient (Wildman–Crippen LogP) is 1.84. The number of nitrogens with zero attached hydrogens (tertiary/aromatic N) is 3. The molecule has 90 valence electrons. The molecular weight excluding hydrogens is 212 g/mol. The van der Waals surface area contributed by atoms with Crippen molar-refractivity contribution in [2.75, 3.05) is 14.1 Å². The van der Waals surface area contributed by atoms with Gasteiger partial charge in [0.05, 0.1) is 0 Å². The SMILES string of the molecule is CN=C1CCC(N(C)Cc2ccccc2)=NN1. The van der Waals surface area contributed by atoms with Crippen molar-refractivity contribution < 1.29 is 0 Å². The van der Waals surface area contributed by atoms with Gasteiger partial charge in [0.1, 0.15) is 11.7 Å². The summed E-state index contributed by atoms with van der Waals surface area (Å²) in [6.07, 6.45) is 1.89. The highest BCUT2D eigenvalue weighted by molar-refractivity contribution is 5.93. The van der Waals surface area contributed by atoms with E-state index in [9.17, 15) is 0 Å². The first-order chi connectivity index (χ1) is 8.29. The lowest BCUT2D eigenvalue weighted by Gasteiger charge is -2.24. The minimum atomic E-state index is 0.889. The summed E-state index contributed by atoms with van der Waals surface area (Å²) >= 11 is 0. The summed E-state index contributed by atoms with van der Waals surface area (Å²) in [6, 6.07) is 10.4. The molecule has 0 unspecified atom stereocenters. The van der Waals surface area contributed by atoms with Crippen LogP contribution in [0.15, 0.2) is 40.4 Å². The molecule has 1 aliphatic rings. The zero-order chi connectivity index (χ0) is 12.1. The molecular formula is C13H18N4. The number of aliphatic imine (C=N–C) groups is 1. The van der Waals surface area contributed by atoms with Crippen LogP contribution in [0.25, 0.3) is 0 Å². The lowest BCUT2D eigenvalue weighted by Crippen LogP contribution is -2.35. The van der Waals surface area contributed by atoms with Gasteiger partial charge in [-0.3, -0.25) is 10.4 Å². The van der Waals surface area contributed by atoms with E-state index < -0.39 is 0 Å². The zero-order valence-electron chi connectivity index (χ0n) is 10.3. The average molecular weight is 230 g/mol. The Kier molecular flexibility index (Phi) is 3.75. The van der Waals surface area contributed by atoms with Gasteiger partial charge >= 0.3 is 0 Å². The highest BCUT2D eigenvalue weighted by atomic mass is 15.4. The van der Waals surface area contributed by atoms with Gasteiger partial charge in [-0.15, -0.1) is 0 Å². The third-order valence-electron chi connectivity index (χ3n) is 2.87. The molecule has 1 aromatic carbocycles. The fourth-order valence-corrected chi connectivity index (χ4v) is 1.86. The monoisotopic (exact) mass is 230 g/mol. The van der Waals surface area contributed by atoms with Crippen molar-refractivity contribution in [3.63, 3.8) is 0 Å². The third kappa shape index (κ3) is 3.06. The van der Waals surface area contributed by atoms with Gasteiger partial charge in [0.2, 0.25) is 0 Å². The maximum absolute atomic E-state index is 4.34. The maximum atomic E-state index is 4.34. The summed E-state index contributed by atoms with van der Waals surface area (Å²) in [4.78, 5) is 6.28. The van der Waals surface area contributed by atoms with Crippen LogP contribution in [-0.4, -0.2) is 30.7 Å². The first-order valence-corrected chi connectivity index (χ1v) is 5.83. The summed E-state index contributed by atoms with van der Waals surface area (Å²) in [7, 11) is 3.86. The van der Waals surface area contributed by atoms with E-state index in [0.29, 0.717) is 0 Å². The van der Waals surface area contributed by atoms with Crippen LogP contribution in [0.2, 0.25) is 0 Å². The molecule has 0 fully saturated rings. The van der Waals surface area contributed by atoms with E-state index >= 15 is 0 Å². The fourth-order valence-electron chi connectivity index (χ4n) is 1.86. The molecule has 1 aliphatic heterocycles. The van der Waals surface area contributed by atoms with Gasteiger partial charge in [-0.2, -0.15) is 5.10 Å². The molecule has 0 bridgehead atoms. The van der Waals surface area contributed by atoms with Gasteiger partial charge in [-0.25, -0.2) is 0 Å². The van der Waals surface area contributed by atoms with Gasteiger partial charge in [0.25, 0.3) is 0 Å². The number of hydrogen-bond donors (Lipinski definition) is 1. The standard InChI is InChI=1S/C13H18N4/c1-14-12-8-9-13(16-15-12)17(2)10-11-6-4-3-5-7-11/h3-7H,8-10H2,1-2H3,(H,14,15). The molecule has 1 heterocycles. The average Bonchev–Trinajstić information content (AvgIpc) is 2.40. The number of amidine groups is 2. The molecule has 0 aromatic heterocycles. The Bertz CT molecular complexity index is 422. The third-order valence-corrected chi connectivity index (χ3v) is 2.87. The summed E-state index contributed by atoms with van der Waals surface area (Å²) in [5.41, 5.74) is 4.28. The van der Waals surface area contributed by atoms with Crippen LogP contribution in [0.3, 0.4) is 0 Å². The predicted molar refractivity (Wildman–Crippen MR) is 71.1 cm³/mol.